The Hall–Kier alpha value is -3.22. The van der Waals surface area contributed by atoms with Crippen molar-refractivity contribution in [1.82, 2.24) is 10.3 Å². The van der Waals surface area contributed by atoms with E-state index < -0.39 is 18.2 Å². The molecule has 0 aliphatic rings. The van der Waals surface area contributed by atoms with E-state index in [-0.39, 0.29) is 6.04 Å². The maximum absolute atomic E-state index is 11.3. The van der Waals surface area contributed by atoms with Crippen molar-refractivity contribution in [3.8, 4) is 11.1 Å². The Kier molecular flexibility index (Phi) is 7.76. The average Bonchev–Trinajstić information content (AvgIpc) is 2.75. The van der Waals surface area contributed by atoms with Crippen molar-refractivity contribution in [3.63, 3.8) is 0 Å². The molecule has 0 unspecified atom stereocenters. The fourth-order valence-corrected chi connectivity index (χ4v) is 3.64. The number of rotatable bonds is 9. The quantitative estimate of drug-likeness (QED) is 0.424. The molecule has 0 bridgehead atoms. The van der Waals surface area contributed by atoms with Crippen LogP contribution in [0.4, 0.5) is 4.79 Å². The predicted octanol–water partition coefficient (Wildman–Crippen LogP) is 3.56. The highest BCUT2D eigenvalue weighted by atomic mass is 16.4. The normalized spacial score (nSPS) is 13.9. The Morgan fingerprint density at radius 3 is 2.23 bits per heavy atom. The first-order valence-electron chi connectivity index (χ1n) is 10.4. The number of aryl methyl sites for hydroxylation is 1. The molecule has 0 aliphatic heterocycles. The summed E-state index contributed by atoms with van der Waals surface area (Å²) in [5.41, 5.74) is 11.3. The summed E-state index contributed by atoms with van der Waals surface area (Å²) in [7, 11) is 0. The molecular formula is C25H29N3O3. The number of nitrogens with one attached hydrogen (secondary N) is 1. The van der Waals surface area contributed by atoms with Crippen molar-refractivity contribution < 1.29 is 15.0 Å². The van der Waals surface area contributed by atoms with E-state index in [0.29, 0.717) is 19.3 Å². The van der Waals surface area contributed by atoms with Gasteiger partial charge in [0.25, 0.3) is 0 Å². The van der Waals surface area contributed by atoms with Crippen LogP contribution >= 0.6 is 0 Å². The van der Waals surface area contributed by atoms with E-state index in [0.717, 1.165) is 27.9 Å². The lowest BCUT2D eigenvalue weighted by atomic mass is 9.93. The Balaban J connectivity index is 1.64. The summed E-state index contributed by atoms with van der Waals surface area (Å²) in [4.78, 5) is 15.6. The zero-order chi connectivity index (χ0) is 22.2. The van der Waals surface area contributed by atoms with E-state index in [4.69, 9.17) is 5.73 Å². The summed E-state index contributed by atoms with van der Waals surface area (Å²) in [5.74, 6) is 0. The standard InChI is InChI=1S/C25H29N3O3/c1-17-7-10-21(16-27-17)20-11-8-19(9-12-20)14-23(28-25(30)31)24(29)15-22(26)13-18-5-3-2-4-6-18/h2-12,16,22-24,28-29H,13-15,26H2,1H3,(H,30,31)/t22-,23-,24+/m0/s1. The maximum atomic E-state index is 11.3. The summed E-state index contributed by atoms with van der Waals surface area (Å²) < 4.78 is 0. The number of nitrogens with two attached hydrogens (primary N) is 1. The van der Waals surface area contributed by atoms with Gasteiger partial charge in [-0.25, -0.2) is 4.79 Å². The molecule has 0 saturated heterocycles. The van der Waals surface area contributed by atoms with Gasteiger partial charge in [-0.1, -0.05) is 60.7 Å². The Morgan fingerprint density at radius 2 is 1.61 bits per heavy atom. The SMILES string of the molecule is Cc1ccc(-c2ccc(C[C@H](NC(=O)O)[C@H](O)C[C@@H](N)Cc3ccccc3)cc2)cn1. The Morgan fingerprint density at radius 1 is 0.968 bits per heavy atom. The highest BCUT2D eigenvalue weighted by Crippen LogP contribution is 2.20. The molecule has 0 aliphatic carbocycles. The number of aliphatic hydroxyl groups is 1. The number of carbonyl (C=O) groups is 1. The van der Waals surface area contributed by atoms with Crippen LogP contribution in [0.1, 0.15) is 23.2 Å². The van der Waals surface area contributed by atoms with Crippen molar-refractivity contribution in [2.45, 2.75) is 44.4 Å². The van der Waals surface area contributed by atoms with Gasteiger partial charge in [0.1, 0.15) is 0 Å². The van der Waals surface area contributed by atoms with Gasteiger partial charge in [-0.15, -0.1) is 0 Å². The van der Waals surface area contributed by atoms with Crippen LogP contribution in [0.3, 0.4) is 0 Å². The molecule has 0 fully saturated rings. The van der Waals surface area contributed by atoms with Gasteiger partial charge < -0.3 is 21.3 Å². The number of aliphatic hydroxyl groups excluding tert-OH is 1. The molecule has 6 nitrogen and oxygen atoms in total. The van der Waals surface area contributed by atoms with Crippen LogP contribution < -0.4 is 11.1 Å². The highest BCUT2D eigenvalue weighted by Gasteiger charge is 2.24. The molecule has 1 heterocycles. The van der Waals surface area contributed by atoms with Gasteiger partial charge in [-0.3, -0.25) is 4.98 Å². The molecule has 1 amide bonds. The Bertz CT molecular complexity index is 960. The van der Waals surface area contributed by atoms with Gasteiger partial charge in [-0.2, -0.15) is 0 Å². The average molecular weight is 420 g/mol. The summed E-state index contributed by atoms with van der Waals surface area (Å²) in [5, 5.41) is 22.4. The zero-order valence-electron chi connectivity index (χ0n) is 17.6. The molecule has 1 aromatic heterocycles. The molecule has 6 heteroatoms. The van der Waals surface area contributed by atoms with E-state index in [9.17, 15) is 15.0 Å². The van der Waals surface area contributed by atoms with Gasteiger partial charge >= 0.3 is 6.09 Å². The van der Waals surface area contributed by atoms with Crippen molar-refractivity contribution in [1.29, 1.82) is 0 Å². The monoisotopic (exact) mass is 419 g/mol. The first kappa shape index (κ1) is 22.5. The van der Waals surface area contributed by atoms with Crippen molar-refractivity contribution >= 4 is 6.09 Å². The molecule has 3 rings (SSSR count). The number of amides is 1. The van der Waals surface area contributed by atoms with Crippen LogP contribution in [0, 0.1) is 6.92 Å². The summed E-state index contributed by atoms with van der Waals surface area (Å²) in [6, 6.07) is 20.7. The van der Waals surface area contributed by atoms with Gasteiger partial charge in [-0.05, 0) is 48.9 Å². The van der Waals surface area contributed by atoms with E-state index in [1.54, 1.807) is 0 Å². The molecule has 0 radical (unpaired) electrons. The molecule has 3 atom stereocenters. The third-order valence-electron chi connectivity index (χ3n) is 5.31. The van der Waals surface area contributed by atoms with Crippen LogP contribution in [0.5, 0.6) is 0 Å². The molecule has 5 N–H and O–H groups in total. The minimum Gasteiger partial charge on any atom is -0.465 e. The number of carboxylic acid groups (broad SMARTS) is 1. The van der Waals surface area contributed by atoms with Gasteiger partial charge in [0, 0.05) is 23.5 Å². The lowest BCUT2D eigenvalue weighted by Gasteiger charge is -2.25. The van der Waals surface area contributed by atoms with E-state index >= 15 is 0 Å². The summed E-state index contributed by atoms with van der Waals surface area (Å²) in [6.45, 7) is 1.94. The van der Waals surface area contributed by atoms with Crippen LogP contribution in [0.15, 0.2) is 72.9 Å². The van der Waals surface area contributed by atoms with E-state index in [2.05, 4.69) is 10.3 Å². The van der Waals surface area contributed by atoms with Gasteiger partial charge in [0.15, 0.2) is 0 Å². The van der Waals surface area contributed by atoms with Crippen LogP contribution in [-0.4, -0.2) is 39.5 Å². The number of aromatic nitrogens is 1. The van der Waals surface area contributed by atoms with Gasteiger partial charge in [0.2, 0.25) is 0 Å². The lowest BCUT2D eigenvalue weighted by Crippen LogP contribution is -2.46. The molecule has 162 valence electrons. The van der Waals surface area contributed by atoms with Crippen molar-refractivity contribution in [2.24, 2.45) is 5.73 Å². The van der Waals surface area contributed by atoms with Crippen LogP contribution in [0.2, 0.25) is 0 Å². The highest BCUT2D eigenvalue weighted by molar-refractivity contribution is 5.65. The second-order valence-electron chi connectivity index (χ2n) is 7.90. The third-order valence-corrected chi connectivity index (χ3v) is 5.31. The third kappa shape index (κ3) is 6.91. The largest absolute Gasteiger partial charge is 0.465 e. The van der Waals surface area contributed by atoms with Gasteiger partial charge in [0.05, 0.1) is 12.1 Å². The van der Waals surface area contributed by atoms with E-state index in [1.807, 2.05) is 79.9 Å². The fraction of sp³-hybridized carbons (Fsp3) is 0.280. The zero-order valence-corrected chi connectivity index (χ0v) is 17.6. The number of hydrogen-bond acceptors (Lipinski definition) is 4. The fourth-order valence-electron chi connectivity index (χ4n) is 3.64. The molecular weight excluding hydrogens is 390 g/mol. The molecule has 2 aromatic carbocycles. The van der Waals surface area contributed by atoms with Crippen molar-refractivity contribution in [3.05, 3.63) is 89.7 Å². The van der Waals surface area contributed by atoms with Crippen LogP contribution in [-0.2, 0) is 12.8 Å². The maximum Gasteiger partial charge on any atom is 0.404 e. The second-order valence-corrected chi connectivity index (χ2v) is 7.90. The summed E-state index contributed by atoms with van der Waals surface area (Å²) in [6.07, 6.45) is 1.07. The van der Waals surface area contributed by atoms with E-state index in [1.165, 1.54) is 0 Å². The number of benzene rings is 2. The lowest BCUT2D eigenvalue weighted by molar-refractivity contribution is 0.105. The predicted molar refractivity (Wildman–Crippen MR) is 122 cm³/mol. The minimum atomic E-state index is -1.16. The number of nitrogens with zero attached hydrogens (tertiary/aromatic N) is 1. The van der Waals surface area contributed by atoms with Crippen LogP contribution in [0.25, 0.3) is 11.1 Å². The first-order valence-corrected chi connectivity index (χ1v) is 10.4. The smallest absolute Gasteiger partial charge is 0.404 e. The number of pyridine rings is 1. The molecule has 0 spiro atoms. The molecule has 31 heavy (non-hydrogen) atoms. The Labute approximate surface area is 182 Å². The molecule has 0 saturated carbocycles. The van der Waals surface area contributed by atoms with Crippen molar-refractivity contribution in [2.75, 3.05) is 0 Å². The topological polar surface area (TPSA) is 108 Å². The second kappa shape index (κ2) is 10.7. The summed E-state index contributed by atoms with van der Waals surface area (Å²) >= 11 is 0. The first-order chi connectivity index (χ1) is 14.9. The minimum absolute atomic E-state index is 0.271. The number of hydrogen-bond donors (Lipinski definition) is 4. The molecule has 3 aromatic rings.